The zero-order chi connectivity index (χ0) is 19.8. The molecule has 0 amide bonds. The Morgan fingerprint density at radius 1 is 1.31 bits per heavy atom. The molecule has 2 aromatic rings. The predicted octanol–water partition coefficient (Wildman–Crippen LogP) is 2.01. The van der Waals surface area contributed by atoms with E-state index in [1.54, 1.807) is 0 Å². The lowest BCUT2D eigenvalue weighted by Gasteiger charge is -2.17. The van der Waals surface area contributed by atoms with Crippen LogP contribution in [-0.2, 0) is 17.9 Å². The predicted molar refractivity (Wildman–Crippen MR) is 88.6 cm³/mol. The first-order chi connectivity index (χ1) is 12.0. The number of aromatic nitrogens is 2. The Morgan fingerprint density at radius 2 is 1.92 bits per heavy atom. The van der Waals surface area contributed by atoms with Gasteiger partial charge in [-0.1, -0.05) is 6.92 Å². The Labute approximate surface area is 148 Å². The third-order valence-electron chi connectivity index (χ3n) is 4.09. The minimum absolute atomic E-state index is 0.00212. The molecule has 11 heteroatoms. The van der Waals surface area contributed by atoms with Crippen LogP contribution >= 0.6 is 11.3 Å². The molecule has 0 fully saturated rings. The molecule has 1 unspecified atom stereocenters. The number of thiophene rings is 1. The van der Waals surface area contributed by atoms with Crippen LogP contribution in [0.5, 0.6) is 0 Å². The average Bonchev–Trinajstić information content (AvgIpc) is 2.86. The zero-order valence-electron chi connectivity index (χ0n) is 14.0. The van der Waals surface area contributed by atoms with E-state index in [1.807, 2.05) is 0 Å². The van der Waals surface area contributed by atoms with E-state index in [1.165, 1.54) is 13.8 Å². The summed E-state index contributed by atoms with van der Waals surface area (Å²) in [4.78, 5) is 37.2. The molecular weight excluding hydrogens is 377 g/mol. The molecule has 7 nitrogen and oxygen atoms in total. The lowest BCUT2D eigenvalue weighted by molar-refractivity contribution is -0.141. The third kappa shape index (κ3) is 3.54. The van der Waals surface area contributed by atoms with Crippen LogP contribution in [-0.4, -0.2) is 31.5 Å². The van der Waals surface area contributed by atoms with Crippen molar-refractivity contribution in [3.63, 3.8) is 0 Å². The van der Waals surface area contributed by atoms with Crippen molar-refractivity contribution in [2.75, 3.05) is 0 Å². The first-order valence-corrected chi connectivity index (χ1v) is 8.52. The molecule has 0 spiro atoms. The summed E-state index contributed by atoms with van der Waals surface area (Å²) in [6.07, 6.45) is -5.93. The van der Waals surface area contributed by atoms with E-state index in [0.717, 1.165) is 15.9 Å². The number of carbonyl (C=O) groups is 1. The van der Waals surface area contributed by atoms with Gasteiger partial charge in [-0.15, -0.1) is 11.3 Å². The number of hydrogen-bond donors (Lipinski definition) is 2. The van der Waals surface area contributed by atoms with Gasteiger partial charge in [0.1, 0.15) is 10.9 Å². The largest absolute Gasteiger partial charge is 0.480 e. The normalized spacial score (nSPS) is 13.3. The highest BCUT2D eigenvalue weighted by molar-refractivity contribution is 7.18. The Kier molecular flexibility index (Phi) is 5.61. The Balaban J connectivity index is 2.89. The van der Waals surface area contributed by atoms with Gasteiger partial charge in [-0.05, 0) is 18.9 Å². The van der Waals surface area contributed by atoms with Crippen molar-refractivity contribution in [3.05, 3.63) is 31.3 Å². The minimum atomic E-state index is -4.53. The molecule has 144 valence electrons. The summed E-state index contributed by atoms with van der Waals surface area (Å²) < 4.78 is 39.2. The lowest BCUT2D eigenvalue weighted by Crippen LogP contribution is -2.44. The summed E-state index contributed by atoms with van der Waals surface area (Å²) >= 11 is 0.851. The number of nitrogens with zero attached hydrogens (tertiary/aromatic N) is 2. The molecule has 2 heterocycles. The van der Waals surface area contributed by atoms with Gasteiger partial charge < -0.3 is 10.2 Å². The lowest BCUT2D eigenvalue weighted by atomic mass is 10.2. The number of hydrogen-bond acceptors (Lipinski definition) is 5. The van der Waals surface area contributed by atoms with Crippen LogP contribution in [0.2, 0.25) is 0 Å². The van der Waals surface area contributed by atoms with Gasteiger partial charge >= 0.3 is 17.8 Å². The Bertz CT molecular complexity index is 957. The molecule has 0 saturated carbocycles. The van der Waals surface area contributed by atoms with Gasteiger partial charge in [-0.3, -0.25) is 9.36 Å². The summed E-state index contributed by atoms with van der Waals surface area (Å²) in [5.41, 5.74) is -1.66. The van der Waals surface area contributed by atoms with Crippen LogP contribution in [0.3, 0.4) is 0 Å². The minimum Gasteiger partial charge on any atom is -0.480 e. The van der Waals surface area contributed by atoms with Gasteiger partial charge in [0.25, 0.3) is 5.56 Å². The molecule has 0 aliphatic rings. The second-order valence-electron chi connectivity index (χ2n) is 5.73. The molecule has 1 atom stereocenters. The van der Waals surface area contributed by atoms with Gasteiger partial charge in [0.15, 0.2) is 0 Å². The number of halogens is 3. The van der Waals surface area contributed by atoms with Crippen molar-refractivity contribution >= 4 is 27.5 Å². The van der Waals surface area contributed by atoms with Gasteiger partial charge in [0.05, 0.1) is 18.4 Å². The van der Waals surface area contributed by atoms with Gasteiger partial charge in [-0.25, -0.2) is 14.2 Å². The van der Waals surface area contributed by atoms with Crippen molar-refractivity contribution in [1.29, 1.82) is 0 Å². The van der Waals surface area contributed by atoms with Crippen LogP contribution in [0.1, 0.15) is 36.2 Å². The highest BCUT2D eigenvalue weighted by atomic mass is 32.1. The summed E-state index contributed by atoms with van der Waals surface area (Å²) in [6.45, 7) is 1.75. The highest BCUT2D eigenvalue weighted by Crippen LogP contribution is 2.29. The van der Waals surface area contributed by atoms with E-state index in [2.05, 4.69) is 0 Å². The maximum absolute atomic E-state index is 12.7. The first-order valence-electron chi connectivity index (χ1n) is 7.71. The molecule has 0 aliphatic heterocycles. The number of aliphatic hydroxyl groups is 1. The van der Waals surface area contributed by atoms with Gasteiger partial charge in [0.2, 0.25) is 0 Å². The molecule has 0 saturated heterocycles. The number of aliphatic hydroxyl groups excluding tert-OH is 1. The van der Waals surface area contributed by atoms with Gasteiger partial charge in [-0.2, -0.15) is 13.2 Å². The number of alkyl halides is 3. The standard InChI is InChI=1S/C15H17F3N2O5S/c1-3-8(13(23)24)20-11(22)10-7(2)9(6-21)26-12(10)19(14(20)25)5-4-15(16,17)18/h8,21H,3-6H2,1-2H3,(H,23,24). The van der Waals surface area contributed by atoms with Gasteiger partial charge in [0, 0.05) is 11.4 Å². The summed E-state index contributed by atoms with van der Waals surface area (Å²) in [5, 5.41) is 18.6. The summed E-state index contributed by atoms with van der Waals surface area (Å²) in [5.74, 6) is -1.43. The molecule has 2 aromatic heterocycles. The molecule has 0 aromatic carbocycles. The molecule has 0 radical (unpaired) electrons. The fourth-order valence-corrected chi connectivity index (χ4v) is 3.91. The first kappa shape index (κ1) is 20.2. The van der Waals surface area contributed by atoms with Crippen molar-refractivity contribution in [2.45, 2.75) is 52.1 Å². The van der Waals surface area contributed by atoms with Crippen LogP contribution in [0, 0.1) is 6.92 Å². The topological polar surface area (TPSA) is 102 Å². The fourth-order valence-electron chi connectivity index (χ4n) is 2.74. The maximum atomic E-state index is 12.7. The van der Waals surface area contributed by atoms with Crippen LogP contribution in [0.25, 0.3) is 10.2 Å². The second kappa shape index (κ2) is 7.23. The SMILES string of the molecule is CCC(C(=O)O)n1c(=O)c2c(C)c(CO)sc2n(CCC(F)(F)F)c1=O. The number of carboxylic acids is 1. The second-order valence-corrected chi connectivity index (χ2v) is 6.81. The number of carboxylic acid groups (broad SMARTS) is 1. The summed E-state index contributed by atoms with van der Waals surface area (Å²) in [7, 11) is 0. The fraction of sp³-hybridized carbons (Fsp3) is 0.533. The number of aryl methyl sites for hydroxylation is 2. The van der Waals surface area contributed by atoms with E-state index < -0.39 is 49.0 Å². The molecule has 2 N–H and O–H groups in total. The van der Waals surface area contributed by atoms with Crippen LogP contribution in [0.4, 0.5) is 13.2 Å². The Morgan fingerprint density at radius 3 is 2.38 bits per heavy atom. The van der Waals surface area contributed by atoms with E-state index in [0.29, 0.717) is 15.0 Å². The zero-order valence-corrected chi connectivity index (χ0v) is 14.8. The van der Waals surface area contributed by atoms with Crippen molar-refractivity contribution in [3.8, 4) is 0 Å². The number of aliphatic carboxylic acids is 1. The number of fused-ring (bicyclic) bond motifs is 1. The molecule has 0 aliphatic carbocycles. The van der Waals surface area contributed by atoms with E-state index in [9.17, 15) is 37.8 Å². The smallest absolute Gasteiger partial charge is 0.390 e. The van der Waals surface area contributed by atoms with E-state index in [4.69, 9.17) is 0 Å². The van der Waals surface area contributed by atoms with Crippen molar-refractivity contribution in [2.24, 2.45) is 0 Å². The molecule has 2 rings (SSSR count). The monoisotopic (exact) mass is 394 g/mol. The van der Waals surface area contributed by atoms with Crippen LogP contribution in [0.15, 0.2) is 9.59 Å². The summed E-state index contributed by atoms with van der Waals surface area (Å²) in [6, 6.07) is -1.49. The average molecular weight is 394 g/mol. The maximum Gasteiger partial charge on any atom is 0.390 e. The van der Waals surface area contributed by atoms with Crippen molar-refractivity contribution < 1.29 is 28.2 Å². The van der Waals surface area contributed by atoms with E-state index in [-0.39, 0.29) is 16.6 Å². The van der Waals surface area contributed by atoms with Crippen LogP contribution < -0.4 is 11.2 Å². The van der Waals surface area contributed by atoms with E-state index >= 15 is 0 Å². The third-order valence-corrected chi connectivity index (χ3v) is 5.39. The molecular formula is C15H17F3N2O5S. The Hall–Kier alpha value is -2.14. The highest BCUT2D eigenvalue weighted by Gasteiger charge is 2.30. The molecule has 0 bridgehead atoms. The number of rotatable bonds is 6. The molecule has 26 heavy (non-hydrogen) atoms. The quantitative estimate of drug-likeness (QED) is 0.781. The van der Waals surface area contributed by atoms with Crippen molar-refractivity contribution in [1.82, 2.24) is 9.13 Å².